The number of benzene rings is 1. The fourth-order valence-corrected chi connectivity index (χ4v) is 2.87. The van der Waals surface area contributed by atoms with Crippen LogP contribution in [0.3, 0.4) is 0 Å². The van der Waals surface area contributed by atoms with Crippen LogP contribution >= 0.6 is 31.9 Å². The lowest BCUT2D eigenvalue weighted by Gasteiger charge is -2.08. The molecule has 0 aliphatic rings. The molecule has 1 heterocycles. The van der Waals surface area contributed by atoms with Crippen LogP contribution in [0, 0.1) is 10.1 Å². The number of hydrogen-bond donors (Lipinski definition) is 1. The number of halogens is 2. The Labute approximate surface area is 130 Å². The number of nitro benzene ring substituents is 1. The Bertz CT molecular complexity index is 676. The van der Waals surface area contributed by atoms with E-state index in [1.807, 2.05) is 0 Å². The molecule has 0 fully saturated rings. The molecule has 0 saturated carbocycles. The molecule has 9 heteroatoms. The van der Waals surface area contributed by atoms with Gasteiger partial charge in [0.1, 0.15) is 0 Å². The van der Waals surface area contributed by atoms with Crippen molar-refractivity contribution in [3.63, 3.8) is 0 Å². The monoisotopic (exact) mass is 402 g/mol. The van der Waals surface area contributed by atoms with Crippen molar-refractivity contribution >= 4 is 49.1 Å². The quantitative estimate of drug-likeness (QED) is 0.629. The van der Waals surface area contributed by atoms with Crippen LogP contribution in [0.5, 0.6) is 0 Å². The number of carbonyl (C=O) groups excluding carboxylic acids is 1. The van der Waals surface area contributed by atoms with Crippen molar-refractivity contribution < 1.29 is 9.72 Å². The predicted octanol–water partition coefficient (Wildman–Crippen LogP) is 3.11. The largest absolute Gasteiger partial charge is 0.320 e. The van der Waals surface area contributed by atoms with E-state index in [2.05, 4.69) is 42.3 Å². The third-order valence-electron chi connectivity index (χ3n) is 2.44. The standard InChI is InChI=1S/C11H8Br2N4O3/c1-16-5-6(4-14-16)11(18)15-10-8(12)2-7(17(19)20)3-9(10)13/h2-5H,1H3,(H,15,18). The Balaban J connectivity index is 2.30. The third kappa shape index (κ3) is 3.05. The van der Waals surface area contributed by atoms with Gasteiger partial charge >= 0.3 is 0 Å². The number of anilines is 1. The smallest absolute Gasteiger partial charge is 0.271 e. The Morgan fingerprint density at radius 3 is 2.45 bits per heavy atom. The Hall–Kier alpha value is -1.74. The van der Waals surface area contributed by atoms with Crippen molar-refractivity contribution in [2.24, 2.45) is 7.05 Å². The van der Waals surface area contributed by atoms with Crippen molar-refractivity contribution in [3.8, 4) is 0 Å². The number of nitro groups is 1. The number of aromatic nitrogens is 2. The Kier molecular flexibility index (Phi) is 4.19. The van der Waals surface area contributed by atoms with Gasteiger partial charge in [0, 0.05) is 34.3 Å². The maximum Gasteiger partial charge on any atom is 0.271 e. The summed E-state index contributed by atoms with van der Waals surface area (Å²) in [5.41, 5.74) is 0.734. The van der Waals surface area contributed by atoms with E-state index in [1.165, 1.54) is 23.0 Å². The second-order valence-electron chi connectivity index (χ2n) is 3.90. The second-order valence-corrected chi connectivity index (χ2v) is 5.61. The van der Waals surface area contributed by atoms with Gasteiger partial charge in [0.25, 0.3) is 11.6 Å². The summed E-state index contributed by atoms with van der Waals surface area (Å²) in [6, 6.07) is 2.65. The molecule has 0 spiro atoms. The van der Waals surface area contributed by atoms with Crippen LogP contribution in [0.15, 0.2) is 33.5 Å². The average molecular weight is 404 g/mol. The number of nitrogens with zero attached hydrogens (tertiary/aromatic N) is 3. The Morgan fingerprint density at radius 1 is 1.40 bits per heavy atom. The van der Waals surface area contributed by atoms with Gasteiger partial charge in [-0.15, -0.1) is 0 Å². The molecule has 1 aromatic carbocycles. The van der Waals surface area contributed by atoms with E-state index in [-0.39, 0.29) is 11.6 Å². The molecule has 0 radical (unpaired) electrons. The highest BCUT2D eigenvalue weighted by atomic mass is 79.9. The van der Waals surface area contributed by atoms with Gasteiger partial charge in [-0.25, -0.2) is 0 Å². The molecule has 104 valence electrons. The van der Waals surface area contributed by atoms with Gasteiger partial charge in [0.2, 0.25) is 0 Å². The number of rotatable bonds is 3. The molecular formula is C11H8Br2N4O3. The third-order valence-corrected chi connectivity index (χ3v) is 3.69. The maximum atomic E-state index is 12.0. The summed E-state index contributed by atoms with van der Waals surface area (Å²) < 4.78 is 2.33. The molecule has 1 N–H and O–H groups in total. The molecule has 2 aromatic rings. The summed E-state index contributed by atoms with van der Waals surface area (Å²) in [5.74, 6) is -0.353. The Morgan fingerprint density at radius 2 is 2.00 bits per heavy atom. The maximum absolute atomic E-state index is 12.0. The minimum absolute atomic E-state index is 0.0804. The van der Waals surface area contributed by atoms with E-state index >= 15 is 0 Å². The van der Waals surface area contributed by atoms with Gasteiger partial charge in [-0.1, -0.05) is 0 Å². The van der Waals surface area contributed by atoms with Crippen molar-refractivity contribution in [1.29, 1.82) is 0 Å². The number of non-ortho nitro benzene ring substituents is 1. The first-order valence-corrected chi connectivity index (χ1v) is 6.90. The van der Waals surface area contributed by atoms with Crippen LogP contribution in [0.2, 0.25) is 0 Å². The normalized spacial score (nSPS) is 10.3. The van der Waals surface area contributed by atoms with E-state index in [9.17, 15) is 14.9 Å². The summed E-state index contributed by atoms with van der Waals surface area (Å²) in [4.78, 5) is 22.2. The van der Waals surface area contributed by atoms with Crippen LogP contribution < -0.4 is 5.32 Å². The minimum Gasteiger partial charge on any atom is -0.320 e. The highest BCUT2D eigenvalue weighted by Gasteiger charge is 2.17. The van der Waals surface area contributed by atoms with Gasteiger partial charge in [-0.2, -0.15) is 5.10 Å². The van der Waals surface area contributed by atoms with Crippen molar-refractivity contribution in [1.82, 2.24) is 9.78 Å². The molecule has 1 amide bonds. The number of hydrogen-bond acceptors (Lipinski definition) is 4. The highest BCUT2D eigenvalue weighted by Crippen LogP contribution is 2.35. The molecule has 1 aromatic heterocycles. The van der Waals surface area contributed by atoms with Crippen LogP contribution in [0.4, 0.5) is 11.4 Å². The molecule has 0 aliphatic heterocycles. The summed E-state index contributed by atoms with van der Waals surface area (Å²) in [5, 5.41) is 17.3. The van der Waals surface area contributed by atoms with E-state index in [0.29, 0.717) is 20.2 Å². The second kappa shape index (κ2) is 5.71. The van der Waals surface area contributed by atoms with Crippen LogP contribution in [-0.2, 0) is 7.05 Å². The number of carbonyl (C=O) groups is 1. The fraction of sp³-hybridized carbons (Fsp3) is 0.0909. The van der Waals surface area contributed by atoms with E-state index in [4.69, 9.17) is 0 Å². The van der Waals surface area contributed by atoms with Gasteiger partial charge in [0.15, 0.2) is 0 Å². The topological polar surface area (TPSA) is 90.1 Å². The van der Waals surface area contributed by atoms with E-state index < -0.39 is 4.92 Å². The van der Waals surface area contributed by atoms with E-state index in [0.717, 1.165) is 0 Å². The van der Waals surface area contributed by atoms with Gasteiger partial charge in [0.05, 0.1) is 22.4 Å². The molecule has 2 rings (SSSR count). The lowest BCUT2D eigenvalue weighted by Crippen LogP contribution is -2.12. The average Bonchev–Trinajstić information content (AvgIpc) is 2.80. The zero-order chi connectivity index (χ0) is 14.9. The lowest BCUT2D eigenvalue weighted by molar-refractivity contribution is -0.385. The molecular weight excluding hydrogens is 396 g/mol. The van der Waals surface area contributed by atoms with Crippen molar-refractivity contribution in [2.45, 2.75) is 0 Å². The SMILES string of the molecule is Cn1cc(C(=O)Nc2c(Br)cc([N+](=O)[O-])cc2Br)cn1. The zero-order valence-corrected chi connectivity index (χ0v) is 13.3. The number of aryl methyl sites for hydroxylation is 1. The number of nitrogens with one attached hydrogen (secondary N) is 1. The summed E-state index contributed by atoms with van der Waals surface area (Å²) >= 11 is 6.41. The first kappa shape index (κ1) is 14.7. The van der Waals surface area contributed by atoms with Crippen molar-refractivity contribution in [2.75, 3.05) is 5.32 Å². The highest BCUT2D eigenvalue weighted by molar-refractivity contribution is 9.11. The molecule has 0 atom stereocenters. The first-order chi connectivity index (χ1) is 9.38. The molecule has 7 nitrogen and oxygen atoms in total. The summed E-state index contributed by atoms with van der Waals surface area (Å²) in [7, 11) is 1.70. The fourth-order valence-electron chi connectivity index (χ4n) is 1.51. The van der Waals surface area contributed by atoms with Crippen LogP contribution in [-0.4, -0.2) is 20.6 Å². The van der Waals surface area contributed by atoms with Crippen LogP contribution in [0.1, 0.15) is 10.4 Å². The van der Waals surface area contributed by atoms with Gasteiger partial charge in [-0.05, 0) is 31.9 Å². The predicted molar refractivity (Wildman–Crippen MR) is 79.7 cm³/mol. The van der Waals surface area contributed by atoms with Gasteiger partial charge < -0.3 is 5.32 Å². The minimum atomic E-state index is -0.512. The van der Waals surface area contributed by atoms with E-state index in [1.54, 1.807) is 13.2 Å². The summed E-state index contributed by atoms with van der Waals surface area (Å²) in [6.07, 6.45) is 3.01. The number of amides is 1. The molecule has 0 bridgehead atoms. The lowest BCUT2D eigenvalue weighted by atomic mass is 10.2. The van der Waals surface area contributed by atoms with Gasteiger partial charge in [-0.3, -0.25) is 19.6 Å². The zero-order valence-electron chi connectivity index (χ0n) is 10.1. The van der Waals surface area contributed by atoms with Crippen molar-refractivity contribution in [3.05, 3.63) is 49.1 Å². The molecule has 0 aliphatic carbocycles. The first-order valence-electron chi connectivity index (χ1n) is 5.32. The van der Waals surface area contributed by atoms with Crippen LogP contribution in [0.25, 0.3) is 0 Å². The molecule has 0 unspecified atom stereocenters. The molecule has 20 heavy (non-hydrogen) atoms. The summed E-state index contributed by atoms with van der Waals surface area (Å²) in [6.45, 7) is 0. The molecule has 0 saturated heterocycles.